The van der Waals surface area contributed by atoms with Gasteiger partial charge in [0.15, 0.2) is 0 Å². The number of fused-ring (bicyclic) bond motifs is 1. The van der Waals surface area contributed by atoms with E-state index >= 15 is 0 Å². The molecule has 0 unspecified atom stereocenters. The first-order valence-corrected chi connectivity index (χ1v) is 6.57. The normalized spacial score (nSPS) is 10.7. The molecular weight excluding hydrogens is 242 g/mol. The van der Waals surface area contributed by atoms with Crippen LogP contribution in [0, 0.1) is 6.92 Å². The van der Waals surface area contributed by atoms with Gasteiger partial charge in [0.2, 0.25) is 5.78 Å². The first kappa shape index (κ1) is 11.1. The monoisotopic (exact) mass is 253 g/mol. The van der Waals surface area contributed by atoms with Crippen molar-refractivity contribution in [3.8, 4) is 0 Å². The van der Waals surface area contributed by atoms with Gasteiger partial charge in [0, 0.05) is 16.6 Å². The standard InChI is InChI=1S/C15H11NOS/c1-10-4-5-11-9-12(6-7-13(11)16-10)15(17)14-3-2-8-18-14/h2-9H,1H3. The molecule has 2 aromatic heterocycles. The van der Waals surface area contributed by atoms with Crippen LogP contribution in [0.3, 0.4) is 0 Å². The number of aromatic nitrogens is 1. The molecule has 0 spiro atoms. The molecule has 0 amide bonds. The molecule has 0 radical (unpaired) electrons. The lowest BCUT2D eigenvalue weighted by Gasteiger charge is -2.02. The Balaban J connectivity index is 2.09. The minimum Gasteiger partial charge on any atom is -0.288 e. The Bertz CT molecular complexity index is 716. The van der Waals surface area contributed by atoms with Gasteiger partial charge in [0.25, 0.3) is 0 Å². The van der Waals surface area contributed by atoms with E-state index in [1.165, 1.54) is 11.3 Å². The SMILES string of the molecule is Cc1ccc2cc(C(=O)c3cccs3)ccc2n1. The number of hydrogen-bond donors (Lipinski definition) is 0. The largest absolute Gasteiger partial charge is 0.288 e. The second-order valence-electron chi connectivity index (χ2n) is 4.17. The summed E-state index contributed by atoms with van der Waals surface area (Å²) in [5.74, 6) is 0.0764. The molecule has 3 heteroatoms. The van der Waals surface area contributed by atoms with Crippen LogP contribution < -0.4 is 0 Å². The molecule has 2 heterocycles. The van der Waals surface area contributed by atoms with Crippen LogP contribution in [0.5, 0.6) is 0 Å². The van der Waals surface area contributed by atoms with Gasteiger partial charge in [-0.2, -0.15) is 0 Å². The molecule has 0 N–H and O–H groups in total. The molecule has 0 atom stereocenters. The zero-order valence-electron chi connectivity index (χ0n) is 9.88. The van der Waals surface area contributed by atoms with Crippen molar-refractivity contribution in [1.29, 1.82) is 0 Å². The maximum Gasteiger partial charge on any atom is 0.202 e. The number of benzene rings is 1. The smallest absolute Gasteiger partial charge is 0.202 e. The number of nitrogens with zero attached hydrogens (tertiary/aromatic N) is 1. The maximum absolute atomic E-state index is 12.2. The number of pyridine rings is 1. The molecule has 1 aromatic carbocycles. The fourth-order valence-corrected chi connectivity index (χ4v) is 2.60. The Morgan fingerprint density at radius 3 is 2.83 bits per heavy atom. The van der Waals surface area contributed by atoms with Gasteiger partial charge in [-0.3, -0.25) is 9.78 Å². The first-order chi connectivity index (χ1) is 8.74. The van der Waals surface area contributed by atoms with E-state index in [4.69, 9.17) is 0 Å². The van der Waals surface area contributed by atoms with E-state index in [1.54, 1.807) is 0 Å². The number of rotatable bonds is 2. The summed E-state index contributed by atoms with van der Waals surface area (Å²) in [6.07, 6.45) is 0. The second kappa shape index (κ2) is 4.35. The topological polar surface area (TPSA) is 30.0 Å². The van der Waals surface area contributed by atoms with Crippen molar-refractivity contribution in [2.75, 3.05) is 0 Å². The average Bonchev–Trinajstić information content (AvgIpc) is 2.91. The number of carbonyl (C=O) groups excluding carboxylic acids is 1. The van der Waals surface area contributed by atoms with Gasteiger partial charge in [-0.15, -0.1) is 11.3 Å². The van der Waals surface area contributed by atoms with Crippen LogP contribution in [0.4, 0.5) is 0 Å². The van der Waals surface area contributed by atoms with Gasteiger partial charge in [-0.1, -0.05) is 12.1 Å². The molecule has 88 valence electrons. The Morgan fingerprint density at radius 1 is 1.17 bits per heavy atom. The number of ketones is 1. The number of thiophene rings is 1. The highest BCUT2D eigenvalue weighted by Crippen LogP contribution is 2.19. The zero-order chi connectivity index (χ0) is 12.5. The van der Waals surface area contributed by atoms with Crippen molar-refractivity contribution in [2.24, 2.45) is 0 Å². The van der Waals surface area contributed by atoms with Crippen LogP contribution >= 0.6 is 11.3 Å². The van der Waals surface area contributed by atoms with E-state index in [0.29, 0.717) is 0 Å². The third-order valence-corrected chi connectivity index (χ3v) is 3.70. The molecular formula is C15H11NOS. The Labute approximate surface area is 109 Å². The van der Waals surface area contributed by atoms with Crippen LogP contribution in [-0.4, -0.2) is 10.8 Å². The molecule has 0 aliphatic rings. The highest BCUT2D eigenvalue weighted by atomic mass is 32.1. The number of aryl methyl sites for hydroxylation is 1. The maximum atomic E-state index is 12.2. The summed E-state index contributed by atoms with van der Waals surface area (Å²) in [6.45, 7) is 1.96. The lowest BCUT2D eigenvalue weighted by Crippen LogP contribution is -1.98. The summed E-state index contributed by atoms with van der Waals surface area (Å²) in [5, 5.41) is 2.92. The third-order valence-electron chi connectivity index (χ3n) is 2.84. The van der Waals surface area contributed by atoms with Crippen molar-refractivity contribution in [3.05, 3.63) is 64.0 Å². The number of carbonyl (C=O) groups is 1. The van der Waals surface area contributed by atoms with Crippen molar-refractivity contribution in [2.45, 2.75) is 6.92 Å². The minimum absolute atomic E-state index is 0.0764. The molecule has 0 saturated carbocycles. The molecule has 0 fully saturated rings. The van der Waals surface area contributed by atoms with Crippen LogP contribution in [0.25, 0.3) is 10.9 Å². The first-order valence-electron chi connectivity index (χ1n) is 5.70. The Morgan fingerprint density at radius 2 is 2.06 bits per heavy atom. The van der Waals surface area contributed by atoms with Gasteiger partial charge in [0.1, 0.15) is 0 Å². The summed E-state index contributed by atoms with van der Waals surface area (Å²) in [6, 6.07) is 13.4. The lowest BCUT2D eigenvalue weighted by molar-refractivity contribution is 0.104. The second-order valence-corrected chi connectivity index (χ2v) is 5.11. The minimum atomic E-state index is 0.0764. The zero-order valence-corrected chi connectivity index (χ0v) is 10.7. The van der Waals surface area contributed by atoms with Crippen molar-refractivity contribution in [3.63, 3.8) is 0 Å². The molecule has 0 aliphatic carbocycles. The fraction of sp³-hybridized carbons (Fsp3) is 0.0667. The van der Waals surface area contributed by atoms with Gasteiger partial charge >= 0.3 is 0 Å². The molecule has 3 rings (SSSR count). The van der Waals surface area contributed by atoms with Crippen LogP contribution in [0.2, 0.25) is 0 Å². The molecule has 2 nitrogen and oxygen atoms in total. The molecule has 18 heavy (non-hydrogen) atoms. The quantitative estimate of drug-likeness (QED) is 0.649. The summed E-state index contributed by atoms with van der Waals surface area (Å²) in [4.78, 5) is 17.4. The summed E-state index contributed by atoms with van der Waals surface area (Å²) < 4.78 is 0. The van der Waals surface area contributed by atoms with Gasteiger partial charge in [0.05, 0.1) is 10.4 Å². The highest BCUT2D eigenvalue weighted by molar-refractivity contribution is 7.12. The summed E-state index contributed by atoms with van der Waals surface area (Å²) >= 11 is 1.47. The molecule has 3 aromatic rings. The van der Waals surface area contributed by atoms with Gasteiger partial charge in [-0.25, -0.2) is 0 Å². The predicted molar refractivity (Wildman–Crippen MR) is 74.2 cm³/mol. The third kappa shape index (κ3) is 1.93. The molecule has 0 bridgehead atoms. The summed E-state index contributed by atoms with van der Waals surface area (Å²) in [7, 11) is 0. The molecule has 0 aliphatic heterocycles. The Hall–Kier alpha value is -2.00. The van der Waals surface area contributed by atoms with Crippen molar-refractivity contribution in [1.82, 2.24) is 4.98 Å². The van der Waals surface area contributed by atoms with E-state index in [0.717, 1.165) is 27.0 Å². The lowest BCUT2D eigenvalue weighted by atomic mass is 10.1. The average molecular weight is 253 g/mol. The van der Waals surface area contributed by atoms with E-state index < -0.39 is 0 Å². The van der Waals surface area contributed by atoms with Crippen LogP contribution in [0.1, 0.15) is 20.9 Å². The Kier molecular flexibility index (Phi) is 2.68. The summed E-state index contributed by atoms with van der Waals surface area (Å²) in [5.41, 5.74) is 2.63. The van der Waals surface area contributed by atoms with Gasteiger partial charge in [-0.05, 0) is 42.6 Å². The van der Waals surface area contributed by atoms with E-state index in [9.17, 15) is 4.79 Å². The number of hydrogen-bond acceptors (Lipinski definition) is 3. The van der Waals surface area contributed by atoms with Gasteiger partial charge < -0.3 is 0 Å². The van der Waals surface area contributed by atoms with E-state index in [2.05, 4.69) is 4.98 Å². The van der Waals surface area contributed by atoms with Crippen LogP contribution in [0.15, 0.2) is 47.8 Å². The van der Waals surface area contributed by atoms with Crippen molar-refractivity contribution >= 4 is 28.0 Å². The highest BCUT2D eigenvalue weighted by Gasteiger charge is 2.10. The van der Waals surface area contributed by atoms with E-state index in [-0.39, 0.29) is 5.78 Å². The predicted octanol–water partition coefficient (Wildman–Crippen LogP) is 3.84. The van der Waals surface area contributed by atoms with Crippen molar-refractivity contribution < 1.29 is 4.79 Å². The van der Waals surface area contributed by atoms with Crippen LogP contribution in [-0.2, 0) is 0 Å². The molecule has 0 saturated heterocycles. The van der Waals surface area contributed by atoms with E-state index in [1.807, 2.05) is 54.8 Å². The fourth-order valence-electron chi connectivity index (χ4n) is 1.92.